The van der Waals surface area contributed by atoms with Crippen LogP contribution in [-0.2, 0) is 14.8 Å². The van der Waals surface area contributed by atoms with Gasteiger partial charge < -0.3 is 4.74 Å². The molecule has 0 spiro atoms. The molecule has 3 rings (SSSR count). The van der Waals surface area contributed by atoms with Crippen LogP contribution in [0.3, 0.4) is 0 Å². The van der Waals surface area contributed by atoms with Crippen molar-refractivity contribution in [3.63, 3.8) is 0 Å². The molecule has 1 unspecified atom stereocenters. The fraction of sp³-hybridized carbons (Fsp3) is 0.294. The molecule has 1 fully saturated rings. The lowest BCUT2D eigenvalue weighted by Crippen LogP contribution is -2.42. The highest BCUT2D eigenvalue weighted by atomic mass is 35.5. The van der Waals surface area contributed by atoms with Gasteiger partial charge >= 0.3 is 0 Å². The van der Waals surface area contributed by atoms with E-state index in [0.717, 1.165) is 5.56 Å². The van der Waals surface area contributed by atoms with Crippen LogP contribution in [0.4, 0.5) is 0 Å². The molecule has 1 aliphatic heterocycles. The van der Waals surface area contributed by atoms with Crippen LogP contribution in [0.5, 0.6) is 0 Å². The van der Waals surface area contributed by atoms with Gasteiger partial charge in [0.2, 0.25) is 10.0 Å². The van der Waals surface area contributed by atoms with Gasteiger partial charge in [-0.25, -0.2) is 8.42 Å². The summed E-state index contributed by atoms with van der Waals surface area (Å²) in [6, 6.07) is 14.6. The van der Waals surface area contributed by atoms with Crippen LogP contribution in [0.1, 0.15) is 17.2 Å². The lowest BCUT2D eigenvalue weighted by Gasteiger charge is -2.32. The van der Waals surface area contributed by atoms with Crippen molar-refractivity contribution in [3.8, 4) is 0 Å². The van der Waals surface area contributed by atoms with E-state index < -0.39 is 10.0 Å². The zero-order valence-corrected chi connectivity index (χ0v) is 14.3. The number of morpholine rings is 1. The van der Waals surface area contributed by atoms with Crippen molar-refractivity contribution in [2.75, 3.05) is 19.7 Å². The summed E-state index contributed by atoms with van der Waals surface area (Å²) in [5.41, 5.74) is 1.56. The molecule has 0 N–H and O–H groups in total. The number of nitrogens with zero attached hydrogens (tertiary/aromatic N) is 1. The molecule has 0 amide bonds. The normalized spacial score (nSPS) is 19.7. The van der Waals surface area contributed by atoms with Gasteiger partial charge in [0.05, 0.1) is 17.6 Å². The third kappa shape index (κ3) is 3.28. The topological polar surface area (TPSA) is 46.6 Å². The number of hydrogen-bond acceptors (Lipinski definition) is 3. The third-order valence-electron chi connectivity index (χ3n) is 4.04. The zero-order valence-electron chi connectivity index (χ0n) is 12.8. The Morgan fingerprint density at radius 2 is 1.87 bits per heavy atom. The summed E-state index contributed by atoms with van der Waals surface area (Å²) < 4.78 is 33.1. The minimum Gasteiger partial charge on any atom is -0.371 e. The quantitative estimate of drug-likeness (QED) is 0.851. The van der Waals surface area contributed by atoms with E-state index in [1.807, 2.05) is 30.3 Å². The van der Waals surface area contributed by atoms with Crippen molar-refractivity contribution >= 4 is 21.6 Å². The second kappa shape index (κ2) is 6.61. The van der Waals surface area contributed by atoms with Crippen molar-refractivity contribution in [1.82, 2.24) is 4.31 Å². The summed E-state index contributed by atoms with van der Waals surface area (Å²) in [4.78, 5) is 0.263. The summed E-state index contributed by atoms with van der Waals surface area (Å²) in [7, 11) is -3.59. The van der Waals surface area contributed by atoms with E-state index in [4.69, 9.17) is 16.3 Å². The van der Waals surface area contributed by atoms with Gasteiger partial charge in [-0.2, -0.15) is 4.31 Å². The van der Waals surface area contributed by atoms with Gasteiger partial charge in [-0.15, -0.1) is 0 Å². The van der Waals surface area contributed by atoms with Crippen LogP contribution in [0, 0.1) is 6.92 Å². The van der Waals surface area contributed by atoms with Gasteiger partial charge in [0.1, 0.15) is 0 Å². The summed E-state index contributed by atoms with van der Waals surface area (Å²) in [5.74, 6) is 0. The second-order valence-electron chi connectivity index (χ2n) is 5.50. The summed E-state index contributed by atoms with van der Waals surface area (Å²) in [6.45, 7) is 2.75. The van der Waals surface area contributed by atoms with Crippen molar-refractivity contribution in [2.45, 2.75) is 17.9 Å². The van der Waals surface area contributed by atoms with Crippen molar-refractivity contribution in [2.24, 2.45) is 0 Å². The van der Waals surface area contributed by atoms with E-state index in [9.17, 15) is 8.42 Å². The Morgan fingerprint density at radius 1 is 1.13 bits per heavy atom. The molecule has 122 valence electrons. The highest BCUT2D eigenvalue weighted by molar-refractivity contribution is 7.89. The molecule has 0 bridgehead atoms. The van der Waals surface area contributed by atoms with E-state index in [2.05, 4.69) is 0 Å². The summed E-state index contributed by atoms with van der Waals surface area (Å²) in [6.07, 6.45) is -0.251. The maximum Gasteiger partial charge on any atom is 0.243 e. The molecule has 0 aliphatic carbocycles. The molecular weight excluding hydrogens is 334 g/mol. The fourth-order valence-electron chi connectivity index (χ4n) is 2.72. The predicted octanol–water partition coefficient (Wildman–Crippen LogP) is 3.41. The monoisotopic (exact) mass is 351 g/mol. The standard InChI is InChI=1S/C17H18ClNO3S/c1-13-15(18)8-5-9-17(13)23(20,21)19-10-11-22-16(12-19)14-6-3-2-4-7-14/h2-9,16H,10-12H2,1H3. The number of halogens is 1. The van der Waals surface area contributed by atoms with E-state index in [0.29, 0.717) is 30.3 Å². The highest BCUT2D eigenvalue weighted by Crippen LogP contribution is 2.29. The number of ether oxygens (including phenoxy) is 1. The van der Waals surface area contributed by atoms with Crippen molar-refractivity contribution < 1.29 is 13.2 Å². The SMILES string of the molecule is Cc1c(Cl)cccc1S(=O)(=O)N1CCOC(c2ccccc2)C1. The molecule has 0 aromatic heterocycles. The number of rotatable bonds is 3. The van der Waals surface area contributed by atoms with Crippen LogP contribution in [-0.4, -0.2) is 32.4 Å². The maximum atomic E-state index is 12.9. The van der Waals surface area contributed by atoms with Crippen LogP contribution < -0.4 is 0 Å². The van der Waals surface area contributed by atoms with E-state index >= 15 is 0 Å². The lowest BCUT2D eigenvalue weighted by atomic mass is 10.1. The Hall–Kier alpha value is -1.40. The lowest BCUT2D eigenvalue weighted by molar-refractivity contribution is -0.00256. The van der Waals surface area contributed by atoms with Crippen molar-refractivity contribution in [3.05, 3.63) is 64.7 Å². The zero-order chi connectivity index (χ0) is 16.4. The van der Waals surface area contributed by atoms with Crippen molar-refractivity contribution in [1.29, 1.82) is 0 Å². The Balaban J connectivity index is 1.90. The van der Waals surface area contributed by atoms with Gasteiger partial charge in [-0.05, 0) is 30.2 Å². The Labute approximate surface area is 141 Å². The molecular formula is C17H18ClNO3S. The van der Waals surface area contributed by atoms with E-state index in [1.165, 1.54) is 4.31 Å². The fourth-order valence-corrected chi connectivity index (χ4v) is 4.62. The number of benzene rings is 2. The second-order valence-corrected chi connectivity index (χ2v) is 7.81. The summed E-state index contributed by atoms with van der Waals surface area (Å²) >= 11 is 6.08. The highest BCUT2D eigenvalue weighted by Gasteiger charge is 2.32. The first-order valence-electron chi connectivity index (χ1n) is 7.42. The molecule has 4 nitrogen and oxygen atoms in total. The maximum absolute atomic E-state index is 12.9. The van der Waals surface area contributed by atoms with Crippen LogP contribution in [0.15, 0.2) is 53.4 Å². The molecule has 1 saturated heterocycles. The Morgan fingerprint density at radius 3 is 2.61 bits per heavy atom. The first-order valence-corrected chi connectivity index (χ1v) is 9.24. The molecule has 0 radical (unpaired) electrons. The molecule has 2 aromatic carbocycles. The van der Waals surface area contributed by atoms with Crippen LogP contribution in [0.2, 0.25) is 5.02 Å². The molecule has 1 atom stereocenters. The van der Waals surface area contributed by atoms with E-state index in [-0.39, 0.29) is 11.0 Å². The first kappa shape index (κ1) is 16.5. The molecule has 1 aliphatic rings. The average molecular weight is 352 g/mol. The predicted molar refractivity (Wildman–Crippen MR) is 90.1 cm³/mol. The smallest absolute Gasteiger partial charge is 0.243 e. The molecule has 6 heteroatoms. The minimum absolute atomic E-state index is 0.251. The average Bonchev–Trinajstić information content (AvgIpc) is 2.58. The Kier molecular flexibility index (Phi) is 4.73. The number of sulfonamides is 1. The number of hydrogen-bond donors (Lipinski definition) is 0. The molecule has 23 heavy (non-hydrogen) atoms. The van der Waals surface area contributed by atoms with Gasteiger partial charge in [-0.3, -0.25) is 0 Å². The van der Waals surface area contributed by atoms with E-state index in [1.54, 1.807) is 25.1 Å². The van der Waals surface area contributed by atoms with Gasteiger partial charge in [0, 0.05) is 18.1 Å². The van der Waals surface area contributed by atoms with Crippen LogP contribution in [0.25, 0.3) is 0 Å². The Bertz CT molecular complexity index is 793. The van der Waals surface area contributed by atoms with Gasteiger partial charge in [-0.1, -0.05) is 48.0 Å². The largest absolute Gasteiger partial charge is 0.371 e. The molecule has 0 saturated carbocycles. The van der Waals surface area contributed by atoms with Gasteiger partial charge in [0.25, 0.3) is 0 Å². The molecule has 2 aromatic rings. The molecule has 1 heterocycles. The van der Waals surface area contributed by atoms with Gasteiger partial charge in [0.15, 0.2) is 0 Å². The minimum atomic E-state index is -3.59. The third-order valence-corrected chi connectivity index (χ3v) is 6.46. The van der Waals surface area contributed by atoms with Crippen LogP contribution >= 0.6 is 11.6 Å². The summed E-state index contributed by atoms with van der Waals surface area (Å²) in [5, 5.41) is 0.457. The first-order chi connectivity index (χ1) is 11.0.